The first-order chi connectivity index (χ1) is 10.2. The van der Waals surface area contributed by atoms with E-state index in [2.05, 4.69) is 9.84 Å². The molecule has 126 valence electrons. The van der Waals surface area contributed by atoms with Crippen molar-refractivity contribution in [2.45, 2.75) is 33.1 Å². The summed E-state index contributed by atoms with van der Waals surface area (Å²) in [6.45, 7) is 1.17. The Morgan fingerprint density at radius 3 is 2.50 bits per heavy atom. The van der Waals surface area contributed by atoms with Gasteiger partial charge in [-0.3, -0.25) is 4.90 Å². The minimum absolute atomic E-state index is 0.0121. The Hall–Kier alpha value is -1.71. The second kappa shape index (κ2) is 7.52. The molecule has 0 bridgehead atoms. The Bertz CT molecular complexity index is 501. The number of hydrogen-bond acceptors (Lipinski definition) is 4. The molecule has 0 atom stereocenters. The number of alkyl halides is 5. The molecule has 1 heterocycles. The van der Waals surface area contributed by atoms with E-state index in [0.717, 1.165) is 11.1 Å². The van der Waals surface area contributed by atoms with E-state index < -0.39 is 43.0 Å². The molecular formula is C12H16F5N3O2. The van der Waals surface area contributed by atoms with E-state index in [1.807, 2.05) is 0 Å². The molecule has 0 aliphatic rings. The highest BCUT2D eigenvalue weighted by Crippen LogP contribution is 2.24. The summed E-state index contributed by atoms with van der Waals surface area (Å²) in [6, 6.07) is 0. The van der Waals surface area contributed by atoms with Gasteiger partial charge in [-0.05, 0) is 13.5 Å². The summed E-state index contributed by atoms with van der Waals surface area (Å²) in [4.78, 5) is 12.4. The SMILES string of the molecule is CCOC(=O)c1cnn(CN(CC)CC(F)(F)F)c1C(F)F. The Labute approximate surface area is 123 Å². The molecule has 10 heteroatoms. The number of carbonyl (C=O) groups is 1. The normalized spacial score (nSPS) is 12.2. The fourth-order valence-electron chi connectivity index (χ4n) is 1.81. The minimum Gasteiger partial charge on any atom is -0.462 e. The number of rotatable bonds is 7. The zero-order valence-corrected chi connectivity index (χ0v) is 12.0. The van der Waals surface area contributed by atoms with Crippen molar-refractivity contribution in [1.29, 1.82) is 0 Å². The first-order valence-corrected chi connectivity index (χ1v) is 6.49. The lowest BCUT2D eigenvalue weighted by Crippen LogP contribution is -2.36. The second-order valence-electron chi connectivity index (χ2n) is 4.37. The van der Waals surface area contributed by atoms with Crippen molar-refractivity contribution in [3.8, 4) is 0 Å². The third kappa shape index (κ3) is 4.93. The maximum atomic E-state index is 13.1. The van der Waals surface area contributed by atoms with Crippen molar-refractivity contribution in [3.05, 3.63) is 17.5 Å². The van der Waals surface area contributed by atoms with E-state index in [-0.39, 0.29) is 13.2 Å². The number of hydrogen-bond donors (Lipinski definition) is 0. The van der Waals surface area contributed by atoms with Gasteiger partial charge in [0.15, 0.2) is 0 Å². The van der Waals surface area contributed by atoms with Crippen LogP contribution in [0.1, 0.15) is 36.3 Å². The van der Waals surface area contributed by atoms with Crippen molar-refractivity contribution < 1.29 is 31.5 Å². The van der Waals surface area contributed by atoms with Gasteiger partial charge < -0.3 is 4.74 Å². The lowest BCUT2D eigenvalue weighted by molar-refractivity contribution is -0.149. The van der Waals surface area contributed by atoms with Crippen LogP contribution in [-0.2, 0) is 11.4 Å². The number of carbonyl (C=O) groups excluding carboxylic acids is 1. The first-order valence-electron chi connectivity index (χ1n) is 6.49. The van der Waals surface area contributed by atoms with Crippen LogP contribution < -0.4 is 0 Å². The monoisotopic (exact) mass is 329 g/mol. The molecule has 1 aromatic rings. The fraction of sp³-hybridized carbons (Fsp3) is 0.667. The molecule has 1 aromatic heterocycles. The van der Waals surface area contributed by atoms with Gasteiger partial charge in [0, 0.05) is 0 Å². The van der Waals surface area contributed by atoms with Crippen LogP contribution in [0.3, 0.4) is 0 Å². The zero-order chi connectivity index (χ0) is 16.9. The summed E-state index contributed by atoms with van der Waals surface area (Å²) in [7, 11) is 0. The van der Waals surface area contributed by atoms with Gasteiger partial charge >= 0.3 is 12.1 Å². The van der Waals surface area contributed by atoms with Gasteiger partial charge in [0.25, 0.3) is 6.43 Å². The minimum atomic E-state index is -4.46. The average molecular weight is 329 g/mol. The van der Waals surface area contributed by atoms with Crippen LogP contribution in [0.25, 0.3) is 0 Å². The highest BCUT2D eigenvalue weighted by atomic mass is 19.4. The maximum Gasteiger partial charge on any atom is 0.401 e. The highest BCUT2D eigenvalue weighted by molar-refractivity contribution is 5.90. The van der Waals surface area contributed by atoms with Crippen molar-refractivity contribution in [3.63, 3.8) is 0 Å². The summed E-state index contributed by atoms with van der Waals surface area (Å²) >= 11 is 0. The molecule has 0 spiro atoms. The Morgan fingerprint density at radius 1 is 1.41 bits per heavy atom. The zero-order valence-electron chi connectivity index (χ0n) is 12.0. The fourth-order valence-corrected chi connectivity index (χ4v) is 1.81. The van der Waals surface area contributed by atoms with Gasteiger partial charge in [0.05, 0.1) is 26.0 Å². The van der Waals surface area contributed by atoms with Gasteiger partial charge in [-0.25, -0.2) is 18.3 Å². The molecule has 0 amide bonds. The van der Waals surface area contributed by atoms with E-state index in [4.69, 9.17) is 0 Å². The summed E-state index contributed by atoms with van der Waals surface area (Å²) in [5.74, 6) is -0.983. The smallest absolute Gasteiger partial charge is 0.401 e. The van der Waals surface area contributed by atoms with Crippen LogP contribution in [0, 0.1) is 0 Å². The molecule has 22 heavy (non-hydrogen) atoms. The van der Waals surface area contributed by atoms with Crippen LogP contribution in [0.15, 0.2) is 6.20 Å². The van der Waals surface area contributed by atoms with Crippen LogP contribution in [-0.4, -0.2) is 46.5 Å². The standard InChI is InChI=1S/C12H16F5N3O2/c1-3-19(6-12(15,16)17)7-20-9(10(13)14)8(5-18-20)11(21)22-4-2/h5,10H,3-4,6-7H2,1-2H3. The van der Waals surface area contributed by atoms with Crippen molar-refractivity contribution in [1.82, 2.24) is 14.7 Å². The molecule has 0 radical (unpaired) electrons. The summed E-state index contributed by atoms with van der Waals surface area (Å²) in [5.41, 5.74) is -1.20. The molecule has 5 nitrogen and oxygen atoms in total. The molecular weight excluding hydrogens is 313 g/mol. The molecule has 0 aromatic carbocycles. The van der Waals surface area contributed by atoms with Gasteiger partial charge in [0.1, 0.15) is 11.3 Å². The van der Waals surface area contributed by atoms with E-state index in [0.29, 0.717) is 4.68 Å². The second-order valence-corrected chi connectivity index (χ2v) is 4.37. The highest BCUT2D eigenvalue weighted by Gasteiger charge is 2.32. The summed E-state index contributed by atoms with van der Waals surface area (Å²) in [5, 5.41) is 3.59. The van der Waals surface area contributed by atoms with Crippen molar-refractivity contribution in [2.75, 3.05) is 19.7 Å². The number of nitrogens with zero attached hydrogens (tertiary/aromatic N) is 3. The van der Waals surface area contributed by atoms with E-state index in [1.165, 1.54) is 13.8 Å². The lowest BCUT2D eigenvalue weighted by Gasteiger charge is -2.22. The summed E-state index contributed by atoms with van der Waals surface area (Å²) < 4.78 is 68.7. The number of ether oxygens (including phenoxy) is 1. The summed E-state index contributed by atoms with van der Waals surface area (Å²) in [6.07, 6.45) is -6.65. The third-order valence-electron chi connectivity index (χ3n) is 2.77. The molecule has 1 rings (SSSR count). The van der Waals surface area contributed by atoms with E-state index in [1.54, 1.807) is 0 Å². The molecule has 0 aliphatic heterocycles. The van der Waals surface area contributed by atoms with Crippen molar-refractivity contribution in [2.24, 2.45) is 0 Å². The van der Waals surface area contributed by atoms with Gasteiger partial charge in [0.2, 0.25) is 0 Å². The number of halogens is 5. The Morgan fingerprint density at radius 2 is 2.05 bits per heavy atom. The van der Waals surface area contributed by atoms with E-state index in [9.17, 15) is 26.7 Å². The van der Waals surface area contributed by atoms with Crippen LogP contribution in [0.2, 0.25) is 0 Å². The van der Waals surface area contributed by atoms with Crippen LogP contribution >= 0.6 is 0 Å². The lowest BCUT2D eigenvalue weighted by atomic mass is 10.2. The molecule has 0 aliphatic carbocycles. The Kier molecular flexibility index (Phi) is 6.27. The molecule has 0 unspecified atom stereocenters. The van der Waals surface area contributed by atoms with Crippen molar-refractivity contribution >= 4 is 5.97 Å². The largest absolute Gasteiger partial charge is 0.462 e. The topological polar surface area (TPSA) is 47.4 Å². The first kappa shape index (κ1) is 18.3. The van der Waals surface area contributed by atoms with E-state index >= 15 is 0 Å². The average Bonchev–Trinajstić information content (AvgIpc) is 2.80. The molecule has 0 saturated carbocycles. The number of aromatic nitrogens is 2. The molecule has 0 fully saturated rings. The number of esters is 1. The maximum absolute atomic E-state index is 13.1. The third-order valence-corrected chi connectivity index (χ3v) is 2.77. The van der Waals surface area contributed by atoms with Gasteiger partial charge in [-0.15, -0.1) is 0 Å². The van der Waals surface area contributed by atoms with Crippen LogP contribution in [0.4, 0.5) is 22.0 Å². The van der Waals surface area contributed by atoms with Crippen LogP contribution in [0.5, 0.6) is 0 Å². The van der Waals surface area contributed by atoms with Gasteiger partial charge in [-0.2, -0.15) is 18.3 Å². The Balaban J connectivity index is 3.01. The van der Waals surface area contributed by atoms with Gasteiger partial charge in [-0.1, -0.05) is 6.92 Å². The predicted molar refractivity (Wildman–Crippen MR) is 66.4 cm³/mol. The molecule has 0 N–H and O–H groups in total. The molecule has 0 saturated heterocycles. The quantitative estimate of drug-likeness (QED) is 0.570. The predicted octanol–water partition coefficient (Wildman–Crippen LogP) is 2.84.